The molecule has 0 radical (unpaired) electrons. The summed E-state index contributed by atoms with van der Waals surface area (Å²) in [6, 6.07) is -0.917. The number of carbonyl (C=O) groups is 2. The number of quaternary nitrogens is 1. The van der Waals surface area contributed by atoms with Crippen LogP contribution in [0.1, 0.15) is 20.3 Å². The van der Waals surface area contributed by atoms with E-state index >= 15 is 0 Å². The number of carbonyl (C=O) groups excluding carboxylic acids is 1. The largest absolute Gasteiger partial charge is 0.477 e. The number of carboxylic acids is 1. The smallest absolute Gasteiger partial charge is 0.362 e. The SMILES string of the molecule is CC(C)COC(=O)CC([NH3+])C(=O)O. The van der Waals surface area contributed by atoms with Gasteiger partial charge in [0, 0.05) is 0 Å². The first kappa shape index (κ1) is 11.9. The van der Waals surface area contributed by atoms with Crippen molar-refractivity contribution in [2.45, 2.75) is 26.3 Å². The lowest BCUT2D eigenvalue weighted by Gasteiger charge is -2.07. The maximum absolute atomic E-state index is 10.9. The van der Waals surface area contributed by atoms with Crippen LogP contribution in [0.4, 0.5) is 0 Å². The molecular formula is C8H16NO4+. The van der Waals surface area contributed by atoms with Crippen LogP contribution in [0.25, 0.3) is 0 Å². The predicted octanol–water partition coefficient (Wildman–Crippen LogP) is -0.729. The Morgan fingerprint density at radius 3 is 2.38 bits per heavy atom. The molecule has 0 bridgehead atoms. The van der Waals surface area contributed by atoms with Gasteiger partial charge in [-0.1, -0.05) is 13.8 Å². The molecule has 0 aliphatic rings. The Balaban J connectivity index is 3.68. The van der Waals surface area contributed by atoms with Gasteiger partial charge in [0.2, 0.25) is 0 Å². The lowest BCUT2D eigenvalue weighted by molar-refractivity contribution is -0.407. The van der Waals surface area contributed by atoms with Gasteiger partial charge < -0.3 is 15.6 Å². The lowest BCUT2D eigenvalue weighted by Crippen LogP contribution is -2.65. The van der Waals surface area contributed by atoms with Crippen molar-refractivity contribution in [2.75, 3.05) is 6.61 Å². The van der Waals surface area contributed by atoms with Crippen LogP contribution in [0, 0.1) is 5.92 Å². The van der Waals surface area contributed by atoms with Gasteiger partial charge in [0.25, 0.3) is 0 Å². The molecule has 0 aromatic carbocycles. The van der Waals surface area contributed by atoms with E-state index in [2.05, 4.69) is 5.73 Å². The summed E-state index contributed by atoms with van der Waals surface area (Å²) in [6.07, 6.45) is -0.165. The Hall–Kier alpha value is -1.10. The molecular weight excluding hydrogens is 174 g/mol. The zero-order chi connectivity index (χ0) is 10.4. The number of esters is 1. The van der Waals surface area contributed by atoms with Gasteiger partial charge in [-0.25, -0.2) is 4.79 Å². The van der Waals surface area contributed by atoms with Gasteiger partial charge in [0.05, 0.1) is 6.61 Å². The molecule has 0 aromatic heterocycles. The minimum atomic E-state index is -1.08. The molecule has 0 heterocycles. The fourth-order valence-corrected chi connectivity index (χ4v) is 0.607. The summed E-state index contributed by atoms with van der Waals surface area (Å²) in [5.41, 5.74) is 3.30. The zero-order valence-corrected chi connectivity index (χ0v) is 7.95. The quantitative estimate of drug-likeness (QED) is 0.559. The molecule has 0 spiro atoms. The Bertz CT molecular complexity index is 191. The second-order valence-corrected chi connectivity index (χ2v) is 3.32. The third kappa shape index (κ3) is 6.10. The maximum atomic E-state index is 10.9. The van der Waals surface area contributed by atoms with E-state index < -0.39 is 18.0 Å². The van der Waals surface area contributed by atoms with Gasteiger partial charge in [-0.3, -0.25) is 4.79 Å². The fraction of sp³-hybridized carbons (Fsp3) is 0.750. The average molecular weight is 190 g/mol. The van der Waals surface area contributed by atoms with Crippen LogP contribution >= 0.6 is 0 Å². The van der Waals surface area contributed by atoms with Crippen molar-refractivity contribution >= 4 is 11.9 Å². The van der Waals surface area contributed by atoms with Crippen molar-refractivity contribution in [3.8, 4) is 0 Å². The van der Waals surface area contributed by atoms with Gasteiger partial charge in [-0.2, -0.15) is 0 Å². The van der Waals surface area contributed by atoms with E-state index in [1.807, 2.05) is 13.8 Å². The van der Waals surface area contributed by atoms with Crippen LogP contribution in [0.15, 0.2) is 0 Å². The van der Waals surface area contributed by atoms with Crippen LogP contribution in [0.2, 0.25) is 0 Å². The van der Waals surface area contributed by atoms with E-state index in [4.69, 9.17) is 9.84 Å². The van der Waals surface area contributed by atoms with Gasteiger partial charge in [-0.05, 0) is 5.92 Å². The number of aliphatic carboxylic acids is 1. The number of rotatable bonds is 5. The van der Waals surface area contributed by atoms with E-state index in [0.717, 1.165) is 0 Å². The van der Waals surface area contributed by atoms with Gasteiger partial charge >= 0.3 is 11.9 Å². The molecule has 0 aliphatic carbocycles. The molecule has 0 rings (SSSR count). The summed E-state index contributed by atoms with van der Waals surface area (Å²) in [5.74, 6) is -1.32. The maximum Gasteiger partial charge on any atom is 0.362 e. The number of ether oxygens (including phenoxy) is 1. The number of hydrogen-bond donors (Lipinski definition) is 2. The highest BCUT2D eigenvalue weighted by atomic mass is 16.5. The average Bonchev–Trinajstić information content (AvgIpc) is 2.00. The van der Waals surface area contributed by atoms with Crippen LogP contribution in [0.3, 0.4) is 0 Å². The molecule has 5 heteroatoms. The topological polar surface area (TPSA) is 91.2 Å². The highest BCUT2D eigenvalue weighted by molar-refractivity contribution is 5.79. The Kier molecular flexibility index (Phi) is 5.06. The van der Waals surface area contributed by atoms with Crippen molar-refractivity contribution in [1.29, 1.82) is 0 Å². The first-order chi connectivity index (χ1) is 5.93. The zero-order valence-electron chi connectivity index (χ0n) is 7.95. The summed E-state index contributed by atoms with van der Waals surface area (Å²) in [6.45, 7) is 4.14. The molecule has 0 fully saturated rings. The monoisotopic (exact) mass is 190 g/mol. The third-order valence-corrected chi connectivity index (χ3v) is 1.34. The van der Waals surface area contributed by atoms with Crippen molar-refractivity contribution in [3.63, 3.8) is 0 Å². The molecule has 0 saturated carbocycles. The summed E-state index contributed by atoms with van der Waals surface area (Å²) >= 11 is 0. The molecule has 1 atom stereocenters. The van der Waals surface area contributed by atoms with Crippen LogP contribution in [-0.2, 0) is 14.3 Å². The van der Waals surface area contributed by atoms with E-state index in [1.54, 1.807) is 0 Å². The van der Waals surface area contributed by atoms with Crippen molar-refractivity contribution in [1.82, 2.24) is 0 Å². The lowest BCUT2D eigenvalue weighted by atomic mass is 10.2. The summed E-state index contributed by atoms with van der Waals surface area (Å²) in [4.78, 5) is 21.2. The molecule has 0 amide bonds. The van der Waals surface area contributed by atoms with Crippen molar-refractivity contribution < 1.29 is 25.2 Å². The molecule has 0 saturated heterocycles. The molecule has 1 unspecified atom stereocenters. The Labute approximate surface area is 76.9 Å². The standard InChI is InChI=1S/C8H15NO4/c1-5(2)4-13-7(10)3-6(9)8(11)12/h5-6H,3-4,9H2,1-2H3,(H,11,12)/p+1. The second-order valence-electron chi connectivity index (χ2n) is 3.32. The normalized spacial score (nSPS) is 12.6. The fourth-order valence-electron chi connectivity index (χ4n) is 0.607. The minimum absolute atomic E-state index is 0.165. The van der Waals surface area contributed by atoms with E-state index in [9.17, 15) is 9.59 Å². The molecule has 0 aromatic rings. The first-order valence-electron chi connectivity index (χ1n) is 4.15. The van der Waals surface area contributed by atoms with Crippen LogP contribution in [-0.4, -0.2) is 29.7 Å². The summed E-state index contributed by atoms with van der Waals surface area (Å²) in [5, 5.41) is 8.44. The van der Waals surface area contributed by atoms with Crippen molar-refractivity contribution in [3.05, 3.63) is 0 Å². The first-order valence-corrected chi connectivity index (χ1v) is 4.15. The van der Waals surface area contributed by atoms with Crippen LogP contribution in [0.5, 0.6) is 0 Å². The number of hydrogen-bond acceptors (Lipinski definition) is 3. The molecule has 13 heavy (non-hydrogen) atoms. The Morgan fingerprint density at radius 1 is 1.46 bits per heavy atom. The second kappa shape index (κ2) is 5.53. The molecule has 76 valence electrons. The Morgan fingerprint density at radius 2 is 2.00 bits per heavy atom. The van der Waals surface area contributed by atoms with E-state index in [1.165, 1.54) is 0 Å². The number of carboxylic acid groups (broad SMARTS) is 1. The predicted molar refractivity (Wildman–Crippen MR) is 44.7 cm³/mol. The van der Waals surface area contributed by atoms with E-state index in [-0.39, 0.29) is 12.3 Å². The summed E-state index contributed by atoms with van der Waals surface area (Å²) in [7, 11) is 0. The van der Waals surface area contributed by atoms with E-state index in [0.29, 0.717) is 6.61 Å². The third-order valence-electron chi connectivity index (χ3n) is 1.34. The highest BCUT2D eigenvalue weighted by Crippen LogP contribution is 1.96. The van der Waals surface area contributed by atoms with Crippen molar-refractivity contribution in [2.24, 2.45) is 5.92 Å². The van der Waals surface area contributed by atoms with Gasteiger partial charge in [-0.15, -0.1) is 0 Å². The van der Waals surface area contributed by atoms with Crippen LogP contribution < -0.4 is 5.73 Å². The molecule has 5 nitrogen and oxygen atoms in total. The minimum Gasteiger partial charge on any atom is -0.477 e. The highest BCUT2D eigenvalue weighted by Gasteiger charge is 2.20. The van der Waals surface area contributed by atoms with Gasteiger partial charge in [0.1, 0.15) is 6.42 Å². The summed E-state index contributed by atoms with van der Waals surface area (Å²) < 4.78 is 4.78. The molecule has 4 N–H and O–H groups in total. The molecule has 0 aliphatic heterocycles. The van der Waals surface area contributed by atoms with Gasteiger partial charge in [0.15, 0.2) is 6.04 Å².